The Morgan fingerprint density at radius 3 is 2.50 bits per heavy atom. The molecule has 0 spiro atoms. The Hall–Kier alpha value is -1.77. The van der Waals surface area contributed by atoms with Crippen LogP contribution < -0.4 is 5.56 Å². The van der Waals surface area contributed by atoms with Gasteiger partial charge in [0.15, 0.2) is 0 Å². The molecule has 1 aliphatic heterocycles. The second kappa shape index (κ2) is 5.79. The zero-order valence-corrected chi connectivity index (χ0v) is 13.2. The minimum atomic E-state index is -3.14. The third-order valence-electron chi connectivity index (χ3n) is 3.90. The molecule has 2 heterocycles. The van der Waals surface area contributed by atoms with Gasteiger partial charge in [-0.3, -0.25) is 9.69 Å². The minimum absolute atomic E-state index is 0.122. The van der Waals surface area contributed by atoms with Crippen molar-refractivity contribution in [2.45, 2.75) is 6.67 Å². The van der Waals surface area contributed by atoms with Gasteiger partial charge in [-0.1, -0.05) is 18.2 Å². The molecule has 0 aliphatic carbocycles. The van der Waals surface area contributed by atoms with Gasteiger partial charge < -0.3 is 0 Å². The minimum Gasteiger partial charge on any atom is -0.282 e. The van der Waals surface area contributed by atoms with Crippen LogP contribution in [0.25, 0.3) is 10.8 Å². The van der Waals surface area contributed by atoms with E-state index in [2.05, 4.69) is 5.10 Å². The van der Waals surface area contributed by atoms with Crippen molar-refractivity contribution in [1.29, 1.82) is 0 Å². The van der Waals surface area contributed by atoms with Crippen LogP contribution in [-0.2, 0) is 16.7 Å². The maximum atomic E-state index is 12.4. The fraction of sp³-hybridized carbons (Fsp3) is 0.429. The topological polar surface area (TPSA) is 75.5 Å². The second-order valence-electron chi connectivity index (χ2n) is 5.46. The molecule has 0 saturated carbocycles. The van der Waals surface area contributed by atoms with E-state index in [1.165, 1.54) is 15.2 Å². The quantitative estimate of drug-likeness (QED) is 0.791. The standard InChI is InChI=1S/C14H18N4O3S/c1-22(20,21)17-8-6-16(7-9-17)11-18-14(19)13-5-3-2-4-12(13)10-15-18/h2-5,10H,6-9,11H2,1H3. The van der Waals surface area contributed by atoms with Crippen molar-refractivity contribution in [2.75, 3.05) is 32.4 Å². The summed E-state index contributed by atoms with van der Waals surface area (Å²) in [6.45, 7) is 2.45. The maximum absolute atomic E-state index is 12.4. The number of fused-ring (bicyclic) bond motifs is 1. The first-order chi connectivity index (χ1) is 10.4. The van der Waals surface area contributed by atoms with Crippen LogP contribution >= 0.6 is 0 Å². The summed E-state index contributed by atoms with van der Waals surface area (Å²) in [6, 6.07) is 7.35. The molecule has 0 radical (unpaired) electrons. The summed E-state index contributed by atoms with van der Waals surface area (Å²) in [4.78, 5) is 14.4. The van der Waals surface area contributed by atoms with Crippen molar-refractivity contribution in [3.8, 4) is 0 Å². The van der Waals surface area contributed by atoms with Gasteiger partial charge in [0.2, 0.25) is 10.0 Å². The molecule has 2 aromatic rings. The number of aromatic nitrogens is 2. The number of benzene rings is 1. The highest BCUT2D eigenvalue weighted by atomic mass is 32.2. The van der Waals surface area contributed by atoms with Crippen molar-refractivity contribution in [2.24, 2.45) is 0 Å². The van der Waals surface area contributed by atoms with E-state index in [1.807, 2.05) is 23.1 Å². The maximum Gasteiger partial charge on any atom is 0.275 e. The number of sulfonamides is 1. The van der Waals surface area contributed by atoms with Crippen LogP contribution in [0.4, 0.5) is 0 Å². The normalized spacial score (nSPS) is 17.9. The number of hydrogen-bond donors (Lipinski definition) is 0. The highest BCUT2D eigenvalue weighted by Gasteiger charge is 2.23. The smallest absolute Gasteiger partial charge is 0.275 e. The molecule has 7 nitrogen and oxygen atoms in total. The first-order valence-electron chi connectivity index (χ1n) is 7.07. The molecule has 1 aromatic heterocycles. The molecule has 118 valence electrons. The van der Waals surface area contributed by atoms with E-state index in [0.717, 1.165) is 5.39 Å². The Balaban J connectivity index is 1.75. The van der Waals surface area contributed by atoms with Gasteiger partial charge in [-0.2, -0.15) is 9.40 Å². The van der Waals surface area contributed by atoms with Crippen LogP contribution in [0, 0.1) is 0 Å². The molecule has 1 fully saturated rings. The Morgan fingerprint density at radius 1 is 1.14 bits per heavy atom. The number of rotatable bonds is 3. The van der Waals surface area contributed by atoms with Gasteiger partial charge in [0.05, 0.1) is 24.5 Å². The van der Waals surface area contributed by atoms with Gasteiger partial charge in [0, 0.05) is 31.6 Å². The third kappa shape index (κ3) is 3.03. The number of hydrogen-bond acceptors (Lipinski definition) is 5. The van der Waals surface area contributed by atoms with Crippen molar-refractivity contribution in [3.63, 3.8) is 0 Å². The molecule has 1 saturated heterocycles. The first kappa shape index (κ1) is 15.1. The van der Waals surface area contributed by atoms with Gasteiger partial charge in [-0.25, -0.2) is 13.1 Å². The van der Waals surface area contributed by atoms with E-state index in [9.17, 15) is 13.2 Å². The average Bonchev–Trinajstić information content (AvgIpc) is 2.50. The Morgan fingerprint density at radius 2 is 1.82 bits per heavy atom. The van der Waals surface area contributed by atoms with Gasteiger partial charge in [0.25, 0.3) is 5.56 Å². The summed E-state index contributed by atoms with van der Waals surface area (Å²) in [7, 11) is -3.14. The van der Waals surface area contributed by atoms with Crippen LogP contribution in [0.15, 0.2) is 35.3 Å². The van der Waals surface area contributed by atoms with E-state index in [4.69, 9.17) is 0 Å². The Bertz CT molecular complexity index is 839. The van der Waals surface area contributed by atoms with Crippen molar-refractivity contribution < 1.29 is 8.42 Å². The highest BCUT2D eigenvalue weighted by molar-refractivity contribution is 7.88. The fourth-order valence-corrected chi connectivity index (χ4v) is 3.45. The lowest BCUT2D eigenvalue weighted by Crippen LogP contribution is -2.49. The Labute approximate surface area is 128 Å². The van der Waals surface area contributed by atoms with Crippen molar-refractivity contribution in [1.82, 2.24) is 19.0 Å². The van der Waals surface area contributed by atoms with E-state index in [1.54, 1.807) is 12.3 Å². The summed E-state index contributed by atoms with van der Waals surface area (Å²) in [6.07, 6.45) is 2.90. The molecular weight excluding hydrogens is 304 g/mol. The van der Waals surface area contributed by atoms with Gasteiger partial charge in [0.1, 0.15) is 0 Å². The summed E-state index contributed by atoms with van der Waals surface area (Å²) >= 11 is 0. The third-order valence-corrected chi connectivity index (χ3v) is 5.20. The van der Waals surface area contributed by atoms with E-state index in [0.29, 0.717) is 38.2 Å². The highest BCUT2D eigenvalue weighted by Crippen LogP contribution is 2.09. The number of piperazine rings is 1. The molecule has 0 N–H and O–H groups in total. The van der Waals surface area contributed by atoms with Crippen LogP contribution in [0.2, 0.25) is 0 Å². The summed E-state index contributed by atoms with van der Waals surface area (Å²) in [5.41, 5.74) is -0.122. The van der Waals surface area contributed by atoms with Crippen molar-refractivity contribution >= 4 is 20.8 Å². The van der Waals surface area contributed by atoms with Crippen LogP contribution in [0.1, 0.15) is 0 Å². The summed E-state index contributed by atoms with van der Waals surface area (Å²) in [5.74, 6) is 0. The zero-order valence-electron chi connectivity index (χ0n) is 12.3. The number of nitrogens with zero attached hydrogens (tertiary/aromatic N) is 4. The first-order valence-corrected chi connectivity index (χ1v) is 8.92. The van der Waals surface area contributed by atoms with Gasteiger partial charge in [-0.15, -0.1) is 0 Å². The molecule has 8 heteroatoms. The monoisotopic (exact) mass is 322 g/mol. The van der Waals surface area contributed by atoms with Gasteiger partial charge >= 0.3 is 0 Å². The van der Waals surface area contributed by atoms with Crippen LogP contribution in [0.3, 0.4) is 0 Å². The van der Waals surface area contributed by atoms with Crippen LogP contribution in [0.5, 0.6) is 0 Å². The van der Waals surface area contributed by atoms with Crippen molar-refractivity contribution in [3.05, 3.63) is 40.8 Å². The molecule has 0 bridgehead atoms. The SMILES string of the molecule is CS(=O)(=O)N1CCN(Cn2ncc3ccccc3c2=O)CC1. The van der Waals surface area contributed by atoms with Crippen LogP contribution in [-0.4, -0.2) is 59.8 Å². The zero-order chi connectivity index (χ0) is 15.7. The van der Waals surface area contributed by atoms with E-state index >= 15 is 0 Å². The summed E-state index contributed by atoms with van der Waals surface area (Å²) < 4.78 is 25.9. The van der Waals surface area contributed by atoms with E-state index in [-0.39, 0.29) is 5.56 Å². The Kier molecular flexibility index (Phi) is 3.98. The average molecular weight is 322 g/mol. The summed E-state index contributed by atoms with van der Waals surface area (Å²) in [5, 5.41) is 5.67. The second-order valence-corrected chi connectivity index (χ2v) is 7.44. The molecule has 1 aliphatic rings. The molecule has 22 heavy (non-hydrogen) atoms. The predicted molar refractivity (Wildman–Crippen MR) is 84.0 cm³/mol. The largest absolute Gasteiger partial charge is 0.282 e. The predicted octanol–water partition coefficient (Wildman–Crippen LogP) is -0.0688. The molecule has 0 amide bonds. The molecule has 3 rings (SSSR count). The lowest BCUT2D eigenvalue weighted by atomic mass is 10.2. The van der Waals surface area contributed by atoms with Gasteiger partial charge in [-0.05, 0) is 6.07 Å². The fourth-order valence-electron chi connectivity index (χ4n) is 2.62. The molecule has 0 atom stereocenters. The molecule has 1 aromatic carbocycles. The molecular formula is C14H18N4O3S. The van der Waals surface area contributed by atoms with E-state index < -0.39 is 10.0 Å². The lowest BCUT2D eigenvalue weighted by Gasteiger charge is -2.33. The lowest BCUT2D eigenvalue weighted by molar-refractivity contribution is 0.143. The molecule has 0 unspecified atom stereocenters.